The number of nitrogens with zero attached hydrogens (tertiary/aromatic N) is 1. The summed E-state index contributed by atoms with van der Waals surface area (Å²) < 4.78 is 0. The van der Waals surface area contributed by atoms with Crippen molar-refractivity contribution in [3.63, 3.8) is 0 Å². The Bertz CT molecular complexity index is 280. The fourth-order valence-electron chi connectivity index (χ4n) is 1.95. The average Bonchev–Trinajstić information content (AvgIpc) is 2.46. The van der Waals surface area contributed by atoms with Gasteiger partial charge >= 0.3 is 0 Å². The number of carbonyl (C=O) groups excluding carboxylic acids is 2. The molecule has 0 aliphatic carbocycles. The highest BCUT2D eigenvalue weighted by Gasteiger charge is 2.42. The molecule has 5 nitrogen and oxygen atoms in total. The maximum atomic E-state index is 11.7. The van der Waals surface area contributed by atoms with E-state index in [0.717, 1.165) is 0 Å². The molecule has 0 saturated carbocycles. The van der Waals surface area contributed by atoms with E-state index in [4.69, 9.17) is 0 Å². The Balaban J connectivity index is 1.88. The predicted octanol–water partition coefficient (Wildman–Crippen LogP) is -1.14. The van der Waals surface area contributed by atoms with Crippen LogP contribution in [0.5, 0.6) is 0 Å². The van der Waals surface area contributed by atoms with Crippen molar-refractivity contribution in [1.29, 1.82) is 0 Å². The molecule has 2 amide bonds. The van der Waals surface area contributed by atoms with Crippen molar-refractivity contribution in [3.05, 3.63) is 0 Å². The van der Waals surface area contributed by atoms with Crippen molar-refractivity contribution in [1.82, 2.24) is 10.2 Å². The molecule has 1 atom stereocenters. The molecule has 2 rings (SSSR count). The minimum Gasteiger partial charge on any atom is -0.386 e. The van der Waals surface area contributed by atoms with Gasteiger partial charge in [0.05, 0.1) is 18.7 Å². The fraction of sp³-hybridized carbons (Fsp3) is 0.778. The molecule has 2 saturated heterocycles. The molecule has 2 aliphatic rings. The Morgan fingerprint density at radius 1 is 1.64 bits per heavy atom. The van der Waals surface area contributed by atoms with Crippen molar-refractivity contribution < 1.29 is 14.7 Å². The number of rotatable bonds is 1. The largest absolute Gasteiger partial charge is 0.386 e. The van der Waals surface area contributed by atoms with Crippen LogP contribution in [-0.2, 0) is 9.59 Å². The fourth-order valence-corrected chi connectivity index (χ4v) is 1.95. The van der Waals surface area contributed by atoms with E-state index in [-0.39, 0.29) is 17.9 Å². The lowest BCUT2D eigenvalue weighted by atomic mass is 9.96. The third-order valence-corrected chi connectivity index (χ3v) is 2.67. The summed E-state index contributed by atoms with van der Waals surface area (Å²) in [4.78, 5) is 24.1. The van der Waals surface area contributed by atoms with Crippen molar-refractivity contribution >= 4 is 11.8 Å². The molecule has 2 N–H and O–H groups in total. The SMILES string of the molecule is CC1(O)CN(C(=O)C2CCC(=O)N2)C1. The Labute approximate surface area is 82.1 Å². The molecule has 78 valence electrons. The molecule has 0 aromatic carbocycles. The van der Waals surface area contributed by atoms with Crippen LogP contribution in [-0.4, -0.2) is 46.6 Å². The summed E-state index contributed by atoms with van der Waals surface area (Å²) >= 11 is 0. The lowest BCUT2D eigenvalue weighted by Gasteiger charge is -2.45. The predicted molar refractivity (Wildman–Crippen MR) is 48.4 cm³/mol. The zero-order valence-corrected chi connectivity index (χ0v) is 8.12. The first kappa shape index (κ1) is 9.45. The lowest BCUT2D eigenvalue weighted by Crippen LogP contribution is -2.64. The van der Waals surface area contributed by atoms with E-state index in [1.807, 2.05) is 0 Å². The van der Waals surface area contributed by atoms with Gasteiger partial charge in [-0.3, -0.25) is 9.59 Å². The minimum absolute atomic E-state index is 0.0596. The highest BCUT2D eigenvalue weighted by atomic mass is 16.3. The zero-order chi connectivity index (χ0) is 10.3. The summed E-state index contributed by atoms with van der Waals surface area (Å²) in [5.74, 6) is -0.127. The average molecular weight is 198 g/mol. The number of hydrogen-bond acceptors (Lipinski definition) is 3. The first-order valence-electron chi connectivity index (χ1n) is 4.78. The van der Waals surface area contributed by atoms with Crippen LogP contribution in [0.2, 0.25) is 0 Å². The van der Waals surface area contributed by atoms with Crippen LogP contribution >= 0.6 is 0 Å². The molecule has 5 heteroatoms. The summed E-state index contributed by atoms with van der Waals surface area (Å²) in [6.07, 6.45) is 1.01. The van der Waals surface area contributed by atoms with Crippen molar-refractivity contribution in [2.75, 3.05) is 13.1 Å². The van der Waals surface area contributed by atoms with E-state index >= 15 is 0 Å². The first-order valence-corrected chi connectivity index (χ1v) is 4.78. The van der Waals surface area contributed by atoms with Gasteiger partial charge in [-0.1, -0.05) is 0 Å². The lowest BCUT2D eigenvalue weighted by molar-refractivity contribution is -0.154. The van der Waals surface area contributed by atoms with Gasteiger partial charge in [0.25, 0.3) is 0 Å². The molecule has 0 spiro atoms. The smallest absolute Gasteiger partial charge is 0.245 e. The van der Waals surface area contributed by atoms with Crippen molar-refractivity contribution in [3.8, 4) is 0 Å². The Kier molecular flexibility index (Phi) is 1.99. The summed E-state index contributed by atoms with van der Waals surface area (Å²) in [5, 5.41) is 12.1. The van der Waals surface area contributed by atoms with Gasteiger partial charge in [0.15, 0.2) is 0 Å². The number of nitrogens with one attached hydrogen (secondary N) is 1. The summed E-state index contributed by atoms with van der Waals surface area (Å²) in [6.45, 7) is 2.44. The van der Waals surface area contributed by atoms with Crippen molar-refractivity contribution in [2.45, 2.75) is 31.4 Å². The third kappa shape index (κ3) is 1.59. The van der Waals surface area contributed by atoms with Gasteiger partial charge in [-0.15, -0.1) is 0 Å². The maximum Gasteiger partial charge on any atom is 0.245 e. The van der Waals surface area contributed by atoms with Gasteiger partial charge < -0.3 is 15.3 Å². The Hall–Kier alpha value is -1.10. The highest BCUT2D eigenvalue weighted by Crippen LogP contribution is 2.22. The van der Waals surface area contributed by atoms with E-state index in [1.54, 1.807) is 11.8 Å². The van der Waals surface area contributed by atoms with E-state index in [2.05, 4.69) is 5.32 Å². The van der Waals surface area contributed by atoms with Gasteiger partial charge in [-0.05, 0) is 13.3 Å². The maximum absolute atomic E-state index is 11.7. The number of hydrogen-bond donors (Lipinski definition) is 2. The Morgan fingerprint density at radius 2 is 2.29 bits per heavy atom. The minimum atomic E-state index is -0.738. The van der Waals surface area contributed by atoms with Gasteiger partial charge in [-0.25, -0.2) is 0 Å². The van der Waals surface area contributed by atoms with E-state index in [1.165, 1.54) is 0 Å². The van der Waals surface area contributed by atoms with Crippen LogP contribution < -0.4 is 5.32 Å². The topological polar surface area (TPSA) is 69.6 Å². The summed E-state index contributed by atoms with van der Waals surface area (Å²) in [5.41, 5.74) is -0.738. The second kappa shape index (κ2) is 2.95. The number of β-amino-alcohol motifs (C(OH)–C–C–N with tert-alkyl or cyclic N) is 1. The quantitative estimate of drug-likeness (QED) is 0.559. The van der Waals surface area contributed by atoms with Gasteiger partial charge in [0, 0.05) is 6.42 Å². The van der Waals surface area contributed by atoms with Gasteiger partial charge in [-0.2, -0.15) is 0 Å². The number of likely N-dealkylation sites (tertiary alicyclic amines) is 1. The van der Waals surface area contributed by atoms with Crippen molar-refractivity contribution in [2.24, 2.45) is 0 Å². The number of aliphatic hydroxyl groups is 1. The molecule has 2 fully saturated rings. The molecule has 2 aliphatic heterocycles. The normalized spacial score (nSPS) is 29.7. The molecule has 0 radical (unpaired) electrons. The molecule has 0 aromatic heterocycles. The number of carbonyl (C=O) groups is 2. The Morgan fingerprint density at radius 3 is 2.71 bits per heavy atom. The summed E-state index contributed by atoms with van der Waals surface area (Å²) in [7, 11) is 0. The van der Waals surface area contributed by atoms with Crippen LogP contribution in [0.4, 0.5) is 0 Å². The van der Waals surface area contributed by atoms with Crippen LogP contribution in [0.3, 0.4) is 0 Å². The van der Waals surface area contributed by atoms with Gasteiger partial charge in [0.1, 0.15) is 6.04 Å². The molecule has 0 bridgehead atoms. The molecule has 1 unspecified atom stereocenters. The first-order chi connectivity index (χ1) is 6.48. The highest BCUT2D eigenvalue weighted by molar-refractivity contribution is 5.91. The summed E-state index contributed by atoms with van der Waals surface area (Å²) in [6, 6.07) is -0.362. The number of amides is 2. The molecular formula is C9H14N2O3. The van der Waals surface area contributed by atoms with Crippen LogP contribution in [0, 0.1) is 0 Å². The van der Waals surface area contributed by atoms with Crippen LogP contribution in [0.1, 0.15) is 19.8 Å². The van der Waals surface area contributed by atoms with Crippen LogP contribution in [0.15, 0.2) is 0 Å². The molecule has 14 heavy (non-hydrogen) atoms. The van der Waals surface area contributed by atoms with E-state index in [9.17, 15) is 14.7 Å². The third-order valence-electron chi connectivity index (χ3n) is 2.67. The molecule has 0 aromatic rings. The molecule has 2 heterocycles. The zero-order valence-electron chi connectivity index (χ0n) is 8.12. The standard InChI is InChI=1S/C9H14N2O3/c1-9(14)4-11(5-9)8(13)6-2-3-7(12)10-6/h6,14H,2-5H2,1H3,(H,10,12). The second-order valence-corrected chi connectivity index (χ2v) is 4.35. The van der Waals surface area contributed by atoms with Crippen LogP contribution in [0.25, 0.3) is 0 Å². The molecular weight excluding hydrogens is 184 g/mol. The second-order valence-electron chi connectivity index (χ2n) is 4.35. The van der Waals surface area contributed by atoms with E-state index < -0.39 is 5.60 Å². The van der Waals surface area contributed by atoms with Gasteiger partial charge in [0.2, 0.25) is 11.8 Å². The monoisotopic (exact) mass is 198 g/mol. The van der Waals surface area contributed by atoms with E-state index in [0.29, 0.717) is 25.9 Å².